The summed E-state index contributed by atoms with van der Waals surface area (Å²) in [5.41, 5.74) is 8.92. The van der Waals surface area contributed by atoms with Crippen molar-refractivity contribution >= 4 is 0 Å². The lowest BCUT2D eigenvalue weighted by Crippen LogP contribution is -2.14. The Hall–Kier alpha value is -1.63. The topological polar surface area (TPSA) is 12.9 Å². The van der Waals surface area contributed by atoms with E-state index in [9.17, 15) is 0 Å². The van der Waals surface area contributed by atoms with Crippen molar-refractivity contribution in [2.75, 3.05) is 0 Å². The van der Waals surface area contributed by atoms with Gasteiger partial charge in [0.25, 0.3) is 0 Å². The molecule has 2 aliphatic carbocycles. The summed E-state index contributed by atoms with van der Waals surface area (Å²) >= 11 is 0. The van der Waals surface area contributed by atoms with Gasteiger partial charge in [-0.3, -0.25) is 4.98 Å². The molecule has 0 spiro atoms. The molecule has 0 fully saturated rings. The van der Waals surface area contributed by atoms with Crippen molar-refractivity contribution in [3.8, 4) is 0 Å². The van der Waals surface area contributed by atoms with Crippen LogP contribution < -0.4 is 0 Å². The second-order valence-corrected chi connectivity index (χ2v) is 8.76. The number of fused-ring (bicyclic) bond motifs is 2. The lowest BCUT2D eigenvalue weighted by atomic mass is 9.79. The van der Waals surface area contributed by atoms with E-state index >= 15 is 0 Å². The zero-order chi connectivity index (χ0) is 17.6. The Morgan fingerprint density at radius 1 is 0.960 bits per heavy atom. The molecule has 1 aromatic carbocycles. The van der Waals surface area contributed by atoms with Crippen molar-refractivity contribution in [2.24, 2.45) is 5.92 Å². The van der Waals surface area contributed by atoms with Gasteiger partial charge in [-0.25, -0.2) is 0 Å². The van der Waals surface area contributed by atoms with Crippen LogP contribution in [0.3, 0.4) is 0 Å². The van der Waals surface area contributed by atoms with Gasteiger partial charge >= 0.3 is 0 Å². The highest BCUT2D eigenvalue weighted by atomic mass is 14.7. The van der Waals surface area contributed by atoms with Gasteiger partial charge in [-0.15, -0.1) is 0 Å². The van der Waals surface area contributed by atoms with Crippen LogP contribution in [0.2, 0.25) is 0 Å². The van der Waals surface area contributed by atoms with Gasteiger partial charge in [-0.05, 0) is 77.7 Å². The lowest BCUT2D eigenvalue weighted by molar-refractivity contribution is 0.495. The van der Waals surface area contributed by atoms with Crippen LogP contribution in [0.5, 0.6) is 0 Å². The van der Waals surface area contributed by atoms with Crippen LogP contribution >= 0.6 is 0 Å². The normalized spacial score (nSPS) is 22.3. The first-order valence-corrected chi connectivity index (χ1v) is 10.2. The minimum Gasteiger partial charge on any atom is -0.260 e. The number of hydrogen-bond donors (Lipinski definition) is 0. The van der Waals surface area contributed by atoms with Crippen molar-refractivity contribution in [3.63, 3.8) is 0 Å². The maximum atomic E-state index is 4.95. The molecule has 0 saturated carbocycles. The Morgan fingerprint density at radius 2 is 1.80 bits per heavy atom. The highest BCUT2D eigenvalue weighted by molar-refractivity contribution is 5.44. The molecule has 1 heteroatoms. The number of hydrogen-bond acceptors (Lipinski definition) is 1. The molecule has 0 radical (unpaired) electrons. The number of benzene rings is 1. The van der Waals surface area contributed by atoms with Gasteiger partial charge in [-0.2, -0.15) is 0 Å². The van der Waals surface area contributed by atoms with Crippen LogP contribution in [0.15, 0.2) is 30.5 Å². The van der Waals surface area contributed by atoms with Gasteiger partial charge in [0.05, 0.1) is 5.69 Å². The molecule has 2 unspecified atom stereocenters. The minimum absolute atomic E-state index is 0.490. The third-order valence-electron chi connectivity index (χ3n) is 6.46. The lowest BCUT2D eigenvalue weighted by Gasteiger charge is -2.27. The van der Waals surface area contributed by atoms with E-state index < -0.39 is 0 Å². The Labute approximate surface area is 152 Å². The van der Waals surface area contributed by atoms with Crippen molar-refractivity contribution in [1.29, 1.82) is 0 Å². The number of pyridine rings is 1. The maximum Gasteiger partial charge on any atom is 0.0510 e. The Balaban J connectivity index is 1.72. The third kappa shape index (κ3) is 3.03. The van der Waals surface area contributed by atoms with E-state index in [4.69, 9.17) is 4.98 Å². The molecule has 132 valence electrons. The van der Waals surface area contributed by atoms with Crippen molar-refractivity contribution < 1.29 is 0 Å². The van der Waals surface area contributed by atoms with Crippen molar-refractivity contribution in [3.05, 3.63) is 64.0 Å². The van der Waals surface area contributed by atoms with Gasteiger partial charge in [0.1, 0.15) is 0 Å². The van der Waals surface area contributed by atoms with E-state index in [2.05, 4.69) is 58.2 Å². The first-order valence-electron chi connectivity index (χ1n) is 10.2. The molecule has 0 saturated heterocycles. The summed E-state index contributed by atoms with van der Waals surface area (Å²) in [7, 11) is 0. The van der Waals surface area contributed by atoms with E-state index in [1.165, 1.54) is 54.5 Å². The molecule has 4 rings (SSSR count). The summed E-state index contributed by atoms with van der Waals surface area (Å²) in [6.45, 7) is 9.27. The molecule has 0 amide bonds. The highest BCUT2D eigenvalue weighted by Crippen LogP contribution is 2.42. The second kappa shape index (κ2) is 6.59. The summed E-state index contributed by atoms with van der Waals surface area (Å²) in [5.74, 6) is 2.53. The van der Waals surface area contributed by atoms with Crippen LogP contribution in [0.4, 0.5) is 0 Å². The van der Waals surface area contributed by atoms with Crippen LogP contribution in [0.1, 0.15) is 98.2 Å². The summed E-state index contributed by atoms with van der Waals surface area (Å²) in [6, 6.07) is 9.75. The summed E-state index contributed by atoms with van der Waals surface area (Å²) in [4.78, 5) is 4.95. The Morgan fingerprint density at radius 3 is 2.56 bits per heavy atom. The number of aryl methyl sites for hydroxylation is 2. The number of aromatic nitrogens is 1. The molecule has 0 N–H and O–H groups in total. The molecule has 25 heavy (non-hydrogen) atoms. The predicted octanol–water partition coefficient (Wildman–Crippen LogP) is 6.36. The zero-order valence-electron chi connectivity index (χ0n) is 16.2. The van der Waals surface area contributed by atoms with Crippen molar-refractivity contribution in [1.82, 2.24) is 4.98 Å². The summed E-state index contributed by atoms with van der Waals surface area (Å²) in [5, 5.41) is 0. The Bertz CT molecular complexity index is 772. The molecule has 0 aliphatic heterocycles. The van der Waals surface area contributed by atoms with Crippen LogP contribution in [-0.2, 0) is 12.8 Å². The zero-order valence-corrected chi connectivity index (χ0v) is 16.2. The largest absolute Gasteiger partial charge is 0.260 e. The van der Waals surface area contributed by atoms with Crippen LogP contribution in [-0.4, -0.2) is 4.98 Å². The van der Waals surface area contributed by atoms with E-state index in [0.717, 1.165) is 11.8 Å². The van der Waals surface area contributed by atoms with E-state index in [-0.39, 0.29) is 0 Å². The van der Waals surface area contributed by atoms with E-state index in [1.807, 2.05) is 0 Å². The summed E-state index contributed by atoms with van der Waals surface area (Å²) < 4.78 is 0. The van der Waals surface area contributed by atoms with Crippen LogP contribution in [0, 0.1) is 5.92 Å². The fraction of sp³-hybridized carbons (Fsp3) is 0.542. The maximum absolute atomic E-state index is 4.95. The summed E-state index contributed by atoms with van der Waals surface area (Å²) in [6.07, 6.45) is 8.42. The molecule has 1 heterocycles. The molecule has 1 aromatic heterocycles. The van der Waals surface area contributed by atoms with Crippen LogP contribution in [0.25, 0.3) is 0 Å². The first-order chi connectivity index (χ1) is 12.0. The van der Waals surface area contributed by atoms with Gasteiger partial charge in [0.15, 0.2) is 0 Å². The van der Waals surface area contributed by atoms with Crippen molar-refractivity contribution in [2.45, 2.75) is 77.6 Å². The molecular formula is C24H31N. The highest BCUT2D eigenvalue weighted by Gasteiger charge is 2.28. The SMILES string of the molecule is CC(C)c1cnc2c(c1)CCCC2c1ccc2c(c1)C(C(C)C)CC2. The monoisotopic (exact) mass is 333 g/mol. The molecule has 1 nitrogen and oxygen atoms in total. The molecule has 2 aliphatic rings. The molecule has 0 bridgehead atoms. The number of rotatable bonds is 3. The fourth-order valence-electron chi connectivity index (χ4n) is 4.89. The standard InChI is InChI=1S/C24H31N/c1-15(2)20-12-19-6-5-7-22(24(19)25-14-20)18-9-8-17-10-11-21(16(3)4)23(17)13-18/h8-9,12-16,21-22H,5-7,10-11H2,1-4H3. The first kappa shape index (κ1) is 16.8. The van der Waals surface area contributed by atoms with E-state index in [1.54, 1.807) is 11.1 Å². The molecular weight excluding hydrogens is 302 g/mol. The number of nitrogens with zero attached hydrogens (tertiary/aromatic N) is 1. The predicted molar refractivity (Wildman–Crippen MR) is 105 cm³/mol. The van der Waals surface area contributed by atoms with Gasteiger partial charge in [0.2, 0.25) is 0 Å². The van der Waals surface area contributed by atoms with Gasteiger partial charge in [-0.1, -0.05) is 52.0 Å². The third-order valence-corrected chi connectivity index (χ3v) is 6.46. The smallest absolute Gasteiger partial charge is 0.0510 e. The average Bonchev–Trinajstić information content (AvgIpc) is 3.04. The van der Waals surface area contributed by atoms with Gasteiger partial charge < -0.3 is 0 Å². The quantitative estimate of drug-likeness (QED) is 0.637. The average molecular weight is 334 g/mol. The van der Waals surface area contributed by atoms with Gasteiger partial charge in [0, 0.05) is 12.1 Å². The van der Waals surface area contributed by atoms with E-state index in [0.29, 0.717) is 11.8 Å². The Kier molecular flexibility index (Phi) is 4.43. The second-order valence-electron chi connectivity index (χ2n) is 8.76. The fourth-order valence-corrected chi connectivity index (χ4v) is 4.89. The minimum atomic E-state index is 0.490. The molecule has 2 atom stereocenters. The molecule has 2 aromatic rings.